The lowest BCUT2D eigenvalue weighted by Crippen LogP contribution is -2.49. The summed E-state index contributed by atoms with van der Waals surface area (Å²) in [6.45, 7) is 9.31. The summed E-state index contributed by atoms with van der Waals surface area (Å²) in [7, 11) is 1.71. The molecule has 27 heavy (non-hydrogen) atoms. The molecule has 4 heteroatoms. The van der Waals surface area contributed by atoms with Crippen LogP contribution in [0.15, 0.2) is 29.8 Å². The Balaban J connectivity index is 1.85. The first-order chi connectivity index (χ1) is 12.5. The van der Waals surface area contributed by atoms with Crippen molar-refractivity contribution in [2.45, 2.75) is 59.8 Å². The predicted octanol–water partition coefficient (Wildman–Crippen LogP) is 5.25. The molecule has 3 rings (SSSR count). The molecule has 0 saturated heterocycles. The van der Waals surface area contributed by atoms with Gasteiger partial charge in [0.2, 0.25) is 5.91 Å². The summed E-state index contributed by atoms with van der Waals surface area (Å²) in [6.07, 6.45) is 7.55. The van der Waals surface area contributed by atoms with E-state index in [2.05, 4.69) is 33.8 Å². The van der Waals surface area contributed by atoms with Gasteiger partial charge in [0.25, 0.3) is 0 Å². The van der Waals surface area contributed by atoms with Gasteiger partial charge in [0.1, 0.15) is 11.5 Å². The SMILES string of the molecule is CC1=CCC2C(C)(C)CCC[C@]2(C)[C@H]1CC(=O)N(C)c1cc(O)cc(O)c1. The van der Waals surface area contributed by atoms with Crippen molar-refractivity contribution in [3.05, 3.63) is 29.8 Å². The second kappa shape index (κ2) is 6.88. The lowest BCUT2D eigenvalue weighted by molar-refractivity contribution is -0.122. The van der Waals surface area contributed by atoms with E-state index in [4.69, 9.17) is 0 Å². The van der Waals surface area contributed by atoms with Gasteiger partial charge in [-0.3, -0.25) is 4.79 Å². The first-order valence-corrected chi connectivity index (χ1v) is 10.0. The van der Waals surface area contributed by atoms with Crippen molar-refractivity contribution in [1.29, 1.82) is 0 Å². The summed E-state index contributed by atoms with van der Waals surface area (Å²) in [5, 5.41) is 19.5. The summed E-state index contributed by atoms with van der Waals surface area (Å²) < 4.78 is 0. The summed E-state index contributed by atoms with van der Waals surface area (Å²) in [6, 6.07) is 4.29. The number of nitrogens with zero attached hydrogens (tertiary/aromatic N) is 1. The van der Waals surface area contributed by atoms with Gasteiger partial charge in [-0.15, -0.1) is 0 Å². The normalized spacial score (nSPS) is 29.6. The number of amides is 1. The Morgan fingerprint density at radius 1 is 1.15 bits per heavy atom. The molecule has 1 unspecified atom stereocenters. The molecule has 0 bridgehead atoms. The van der Waals surface area contributed by atoms with Gasteiger partial charge in [-0.2, -0.15) is 0 Å². The van der Waals surface area contributed by atoms with Gasteiger partial charge in [-0.1, -0.05) is 38.8 Å². The van der Waals surface area contributed by atoms with Crippen LogP contribution in [-0.2, 0) is 4.79 Å². The maximum Gasteiger partial charge on any atom is 0.227 e. The molecule has 2 aliphatic carbocycles. The molecular weight excluding hydrogens is 338 g/mol. The van der Waals surface area contributed by atoms with Gasteiger partial charge in [-0.05, 0) is 48.9 Å². The molecule has 1 aromatic rings. The van der Waals surface area contributed by atoms with E-state index in [1.807, 2.05) is 0 Å². The zero-order valence-electron chi connectivity index (χ0n) is 17.2. The van der Waals surface area contributed by atoms with E-state index in [1.165, 1.54) is 43.0 Å². The highest BCUT2D eigenvalue weighted by molar-refractivity contribution is 5.93. The van der Waals surface area contributed by atoms with Gasteiger partial charge in [0, 0.05) is 31.7 Å². The summed E-state index contributed by atoms with van der Waals surface area (Å²) in [5.41, 5.74) is 2.28. The molecule has 1 amide bonds. The van der Waals surface area contributed by atoms with Crippen LogP contribution < -0.4 is 4.90 Å². The smallest absolute Gasteiger partial charge is 0.227 e. The number of carbonyl (C=O) groups excluding carboxylic acids is 1. The van der Waals surface area contributed by atoms with Crippen LogP contribution in [0.25, 0.3) is 0 Å². The second-order valence-electron chi connectivity index (χ2n) is 9.50. The number of hydrogen-bond acceptors (Lipinski definition) is 3. The number of benzene rings is 1. The van der Waals surface area contributed by atoms with Crippen molar-refractivity contribution in [2.75, 3.05) is 11.9 Å². The third-order valence-electron chi connectivity index (χ3n) is 7.32. The van der Waals surface area contributed by atoms with Crippen LogP contribution in [0.4, 0.5) is 5.69 Å². The van der Waals surface area contributed by atoms with Crippen LogP contribution in [0.1, 0.15) is 59.8 Å². The Morgan fingerprint density at radius 3 is 2.41 bits per heavy atom. The standard InChI is InChI=1S/C23H33NO3/c1-15-7-8-20-22(2,3)9-6-10-23(20,4)19(15)14-21(27)24(5)16-11-17(25)13-18(26)12-16/h7,11-13,19-20,25-26H,6,8-10,14H2,1-5H3/t19-,20?,23+/m0/s1. The van der Waals surface area contributed by atoms with E-state index in [1.54, 1.807) is 11.9 Å². The quantitative estimate of drug-likeness (QED) is 0.714. The molecule has 1 fully saturated rings. The fourth-order valence-corrected chi connectivity index (χ4v) is 5.76. The number of carbonyl (C=O) groups is 1. The number of phenolic OH excluding ortho intramolecular Hbond substituents is 2. The minimum atomic E-state index is -0.0422. The number of hydrogen-bond donors (Lipinski definition) is 2. The van der Waals surface area contributed by atoms with Crippen LogP contribution in [-0.4, -0.2) is 23.2 Å². The Kier molecular flexibility index (Phi) is 5.04. The minimum Gasteiger partial charge on any atom is -0.508 e. The van der Waals surface area contributed by atoms with Gasteiger partial charge >= 0.3 is 0 Å². The van der Waals surface area contributed by atoms with E-state index in [9.17, 15) is 15.0 Å². The van der Waals surface area contributed by atoms with Gasteiger partial charge in [0.15, 0.2) is 0 Å². The third-order valence-corrected chi connectivity index (χ3v) is 7.32. The molecular formula is C23H33NO3. The zero-order chi connectivity index (χ0) is 20.0. The topological polar surface area (TPSA) is 60.8 Å². The zero-order valence-corrected chi connectivity index (χ0v) is 17.2. The molecule has 0 spiro atoms. The van der Waals surface area contributed by atoms with E-state index < -0.39 is 0 Å². The lowest BCUT2D eigenvalue weighted by atomic mass is 9.48. The van der Waals surface area contributed by atoms with Crippen molar-refractivity contribution < 1.29 is 15.0 Å². The number of phenols is 2. The Labute approximate surface area is 162 Å². The average molecular weight is 372 g/mol. The molecule has 4 nitrogen and oxygen atoms in total. The highest BCUT2D eigenvalue weighted by Crippen LogP contribution is 2.60. The van der Waals surface area contributed by atoms with Crippen molar-refractivity contribution in [3.8, 4) is 11.5 Å². The van der Waals surface area contributed by atoms with Gasteiger partial charge < -0.3 is 15.1 Å². The maximum atomic E-state index is 13.1. The Hall–Kier alpha value is -1.97. The number of rotatable bonds is 3. The summed E-state index contributed by atoms with van der Waals surface area (Å²) in [4.78, 5) is 14.6. The first-order valence-electron chi connectivity index (χ1n) is 10.0. The average Bonchev–Trinajstić information content (AvgIpc) is 2.55. The highest BCUT2D eigenvalue weighted by atomic mass is 16.3. The minimum absolute atomic E-state index is 0.0167. The first kappa shape index (κ1) is 19.8. The molecule has 148 valence electrons. The van der Waals surface area contributed by atoms with Crippen LogP contribution >= 0.6 is 0 Å². The van der Waals surface area contributed by atoms with E-state index in [0.29, 0.717) is 23.4 Å². The van der Waals surface area contributed by atoms with Gasteiger partial charge in [-0.25, -0.2) is 0 Å². The monoisotopic (exact) mass is 371 g/mol. The van der Waals surface area contributed by atoms with Crippen molar-refractivity contribution in [3.63, 3.8) is 0 Å². The van der Waals surface area contributed by atoms with Crippen LogP contribution in [0.5, 0.6) is 11.5 Å². The third kappa shape index (κ3) is 3.59. The molecule has 1 saturated carbocycles. The second-order valence-corrected chi connectivity index (χ2v) is 9.50. The Bertz CT molecular complexity index is 747. The van der Waals surface area contributed by atoms with Crippen LogP contribution in [0.2, 0.25) is 0 Å². The van der Waals surface area contributed by atoms with E-state index in [0.717, 1.165) is 6.42 Å². The van der Waals surface area contributed by atoms with E-state index >= 15 is 0 Å². The number of aromatic hydroxyl groups is 2. The molecule has 2 N–H and O–H groups in total. The predicted molar refractivity (Wildman–Crippen MR) is 109 cm³/mol. The molecule has 0 aliphatic heterocycles. The highest BCUT2D eigenvalue weighted by Gasteiger charge is 2.52. The van der Waals surface area contributed by atoms with Gasteiger partial charge in [0.05, 0.1) is 5.69 Å². The lowest BCUT2D eigenvalue weighted by Gasteiger charge is -2.56. The molecule has 2 aliphatic rings. The molecule has 0 aromatic heterocycles. The maximum absolute atomic E-state index is 13.1. The van der Waals surface area contributed by atoms with Crippen molar-refractivity contribution in [2.24, 2.45) is 22.7 Å². The van der Waals surface area contributed by atoms with Crippen molar-refractivity contribution >= 4 is 11.6 Å². The Morgan fingerprint density at radius 2 is 1.78 bits per heavy atom. The fraction of sp³-hybridized carbons (Fsp3) is 0.609. The summed E-state index contributed by atoms with van der Waals surface area (Å²) >= 11 is 0. The largest absolute Gasteiger partial charge is 0.508 e. The fourth-order valence-electron chi connectivity index (χ4n) is 5.76. The molecule has 0 heterocycles. The summed E-state index contributed by atoms with van der Waals surface area (Å²) in [5.74, 6) is 0.758. The number of anilines is 1. The van der Waals surface area contributed by atoms with Crippen LogP contribution in [0.3, 0.4) is 0 Å². The molecule has 1 aromatic carbocycles. The molecule has 3 atom stereocenters. The van der Waals surface area contributed by atoms with E-state index in [-0.39, 0.29) is 28.7 Å². The number of allylic oxidation sites excluding steroid dienone is 2. The number of fused-ring (bicyclic) bond motifs is 1. The molecule has 0 radical (unpaired) electrons. The van der Waals surface area contributed by atoms with Crippen molar-refractivity contribution in [1.82, 2.24) is 0 Å². The van der Waals surface area contributed by atoms with Crippen LogP contribution in [0, 0.1) is 22.7 Å².